The third-order valence-electron chi connectivity index (χ3n) is 3.34. The first kappa shape index (κ1) is 24.5. The highest BCUT2D eigenvalue weighted by atomic mass is 127. The summed E-state index contributed by atoms with van der Waals surface area (Å²) in [6, 6.07) is 7.97. The van der Waals surface area contributed by atoms with Gasteiger partial charge in [-0.2, -0.15) is 0 Å². The Balaban J connectivity index is 0.00000625. The van der Waals surface area contributed by atoms with Gasteiger partial charge in [0.2, 0.25) is 5.91 Å². The van der Waals surface area contributed by atoms with Crippen LogP contribution in [-0.2, 0) is 4.79 Å². The summed E-state index contributed by atoms with van der Waals surface area (Å²) in [7, 11) is 3.54. The van der Waals surface area contributed by atoms with Gasteiger partial charge in [-0.1, -0.05) is 12.1 Å². The number of likely N-dealkylation sites (N-methyl/N-ethyl adjacent to an activating group) is 1. The molecule has 0 aliphatic carbocycles. The molecule has 0 aromatic heterocycles. The van der Waals surface area contributed by atoms with Gasteiger partial charge in [0.15, 0.2) is 5.96 Å². The second-order valence-corrected chi connectivity index (χ2v) is 7.33. The SMILES string of the molecule is CN=C(NCC(C)Oc1cccc(C)c1)N(C)CC(=O)NC(C)(C)C.I. The first-order valence-corrected chi connectivity index (χ1v) is 8.57. The monoisotopic (exact) mass is 476 g/mol. The molecule has 7 heteroatoms. The van der Waals surface area contributed by atoms with Crippen LogP contribution in [0.1, 0.15) is 33.3 Å². The molecule has 1 atom stereocenters. The van der Waals surface area contributed by atoms with Crippen LogP contribution in [0, 0.1) is 6.92 Å². The number of nitrogens with zero attached hydrogens (tertiary/aromatic N) is 2. The zero-order valence-electron chi connectivity index (χ0n) is 16.9. The van der Waals surface area contributed by atoms with Crippen molar-refractivity contribution >= 4 is 35.8 Å². The van der Waals surface area contributed by atoms with Crippen molar-refractivity contribution in [3.63, 3.8) is 0 Å². The van der Waals surface area contributed by atoms with Crippen molar-refractivity contribution in [3.8, 4) is 5.75 Å². The fraction of sp³-hybridized carbons (Fsp3) is 0.579. The highest BCUT2D eigenvalue weighted by Crippen LogP contribution is 2.13. The quantitative estimate of drug-likeness (QED) is 0.377. The van der Waals surface area contributed by atoms with Gasteiger partial charge in [-0.25, -0.2) is 0 Å². The maximum absolute atomic E-state index is 12.0. The number of guanidine groups is 1. The maximum Gasteiger partial charge on any atom is 0.240 e. The minimum Gasteiger partial charge on any atom is -0.489 e. The molecule has 26 heavy (non-hydrogen) atoms. The van der Waals surface area contributed by atoms with Crippen molar-refractivity contribution in [1.29, 1.82) is 0 Å². The zero-order valence-corrected chi connectivity index (χ0v) is 19.3. The Morgan fingerprint density at radius 1 is 1.35 bits per heavy atom. The van der Waals surface area contributed by atoms with Crippen LogP contribution in [0.4, 0.5) is 0 Å². The van der Waals surface area contributed by atoms with Gasteiger partial charge >= 0.3 is 0 Å². The summed E-state index contributed by atoms with van der Waals surface area (Å²) in [5, 5.41) is 6.19. The lowest BCUT2D eigenvalue weighted by molar-refractivity contribution is -0.122. The molecule has 1 aromatic rings. The number of hydrogen-bond acceptors (Lipinski definition) is 3. The van der Waals surface area contributed by atoms with Crippen molar-refractivity contribution in [3.05, 3.63) is 29.8 Å². The van der Waals surface area contributed by atoms with Gasteiger partial charge in [-0.3, -0.25) is 9.79 Å². The average Bonchev–Trinajstić information content (AvgIpc) is 2.45. The molecule has 0 aliphatic rings. The minimum atomic E-state index is -0.245. The number of aryl methyl sites for hydroxylation is 1. The van der Waals surface area contributed by atoms with Gasteiger partial charge in [0.05, 0.1) is 13.1 Å². The third-order valence-corrected chi connectivity index (χ3v) is 3.34. The van der Waals surface area contributed by atoms with Crippen molar-refractivity contribution in [1.82, 2.24) is 15.5 Å². The van der Waals surface area contributed by atoms with E-state index in [9.17, 15) is 4.79 Å². The standard InChI is InChI=1S/C19H32N4O2.HI/c1-14-9-8-10-16(11-14)25-15(2)12-21-18(20-6)23(7)13-17(24)22-19(3,4)5;/h8-11,15H,12-13H2,1-7H3,(H,20,21)(H,22,24);1H. The van der Waals surface area contributed by atoms with Gasteiger partial charge < -0.3 is 20.3 Å². The summed E-state index contributed by atoms with van der Waals surface area (Å²) in [5.41, 5.74) is 0.920. The second kappa shape index (κ2) is 11.3. The molecule has 0 fully saturated rings. The molecule has 1 rings (SSSR count). The molecule has 0 bridgehead atoms. The van der Waals surface area contributed by atoms with Gasteiger partial charge in [-0.15, -0.1) is 24.0 Å². The topological polar surface area (TPSA) is 66.0 Å². The van der Waals surface area contributed by atoms with E-state index in [1.807, 2.05) is 65.9 Å². The van der Waals surface area contributed by atoms with Gasteiger partial charge in [-0.05, 0) is 52.3 Å². The smallest absolute Gasteiger partial charge is 0.240 e. The van der Waals surface area contributed by atoms with E-state index in [0.29, 0.717) is 12.5 Å². The lowest BCUT2D eigenvalue weighted by atomic mass is 10.1. The number of halogens is 1. The van der Waals surface area contributed by atoms with Crippen molar-refractivity contribution in [2.24, 2.45) is 4.99 Å². The molecular formula is C19H33IN4O2. The molecule has 1 amide bonds. The van der Waals surface area contributed by atoms with Crippen LogP contribution in [0.5, 0.6) is 5.75 Å². The van der Waals surface area contributed by atoms with Gasteiger partial charge in [0.1, 0.15) is 11.9 Å². The summed E-state index contributed by atoms with van der Waals surface area (Å²) in [4.78, 5) is 18.1. The van der Waals surface area contributed by atoms with E-state index in [0.717, 1.165) is 11.3 Å². The normalized spacial score (nSPS) is 12.7. The average molecular weight is 476 g/mol. The Morgan fingerprint density at radius 2 is 2.00 bits per heavy atom. The van der Waals surface area contributed by atoms with Crippen LogP contribution in [0.2, 0.25) is 0 Å². The predicted octanol–water partition coefficient (Wildman–Crippen LogP) is 2.80. The number of aliphatic imine (C=N–C) groups is 1. The third kappa shape index (κ3) is 9.84. The van der Waals surface area contributed by atoms with Crippen LogP contribution < -0.4 is 15.4 Å². The summed E-state index contributed by atoms with van der Waals surface area (Å²) in [6.07, 6.45) is -0.0321. The molecule has 1 unspecified atom stereocenters. The fourth-order valence-electron chi connectivity index (χ4n) is 2.33. The molecule has 0 radical (unpaired) electrons. The zero-order chi connectivity index (χ0) is 19.0. The number of carbonyl (C=O) groups excluding carboxylic acids is 1. The lowest BCUT2D eigenvalue weighted by Crippen LogP contribution is -2.49. The van der Waals surface area contributed by atoms with E-state index in [4.69, 9.17) is 4.74 Å². The number of nitrogens with one attached hydrogen (secondary N) is 2. The number of ether oxygens (including phenoxy) is 1. The van der Waals surface area contributed by atoms with E-state index in [2.05, 4.69) is 15.6 Å². The van der Waals surface area contributed by atoms with E-state index < -0.39 is 0 Å². The molecule has 2 N–H and O–H groups in total. The lowest BCUT2D eigenvalue weighted by Gasteiger charge is -2.26. The molecule has 0 aliphatic heterocycles. The molecule has 0 saturated heterocycles. The highest BCUT2D eigenvalue weighted by Gasteiger charge is 2.17. The summed E-state index contributed by atoms with van der Waals surface area (Å²) in [5.74, 6) is 1.47. The Labute approximate surface area is 174 Å². The van der Waals surface area contributed by atoms with Gasteiger partial charge in [0.25, 0.3) is 0 Å². The molecule has 148 valence electrons. The Kier molecular flexibility index (Phi) is 10.6. The number of rotatable bonds is 6. The summed E-state index contributed by atoms with van der Waals surface area (Å²) < 4.78 is 5.90. The number of hydrogen-bond donors (Lipinski definition) is 2. The predicted molar refractivity (Wildman–Crippen MR) is 119 cm³/mol. The Morgan fingerprint density at radius 3 is 2.54 bits per heavy atom. The molecule has 0 heterocycles. The molecule has 0 saturated carbocycles. The van der Waals surface area contributed by atoms with Crippen LogP contribution >= 0.6 is 24.0 Å². The first-order chi connectivity index (χ1) is 11.6. The second-order valence-electron chi connectivity index (χ2n) is 7.33. The van der Waals surface area contributed by atoms with Crippen molar-refractivity contribution in [2.75, 3.05) is 27.2 Å². The highest BCUT2D eigenvalue weighted by molar-refractivity contribution is 14.0. The minimum absolute atomic E-state index is 0. The summed E-state index contributed by atoms with van der Waals surface area (Å²) >= 11 is 0. The van der Waals surface area contributed by atoms with Crippen LogP contribution in [0.3, 0.4) is 0 Å². The largest absolute Gasteiger partial charge is 0.489 e. The fourth-order valence-corrected chi connectivity index (χ4v) is 2.33. The Hall–Kier alpha value is -1.51. The number of carbonyl (C=O) groups is 1. The van der Waals surface area contributed by atoms with E-state index in [-0.39, 0.29) is 48.1 Å². The van der Waals surface area contributed by atoms with E-state index in [1.165, 1.54) is 0 Å². The molecule has 0 spiro atoms. The van der Waals surface area contributed by atoms with Crippen molar-refractivity contribution < 1.29 is 9.53 Å². The molecular weight excluding hydrogens is 443 g/mol. The first-order valence-electron chi connectivity index (χ1n) is 8.57. The van der Waals surface area contributed by atoms with Crippen molar-refractivity contribution in [2.45, 2.75) is 46.3 Å². The number of amides is 1. The molecule has 6 nitrogen and oxygen atoms in total. The number of benzene rings is 1. The van der Waals surface area contributed by atoms with Crippen LogP contribution in [-0.4, -0.2) is 55.6 Å². The maximum atomic E-state index is 12.0. The Bertz CT molecular complexity index is 599. The van der Waals surface area contributed by atoms with Crippen LogP contribution in [0.25, 0.3) is 0 Å². The summed E-state index contributed by atoms with van der Waals surface area (Å²) in [6.45, 7) is 10.7. The molecule has 1 aromatic carbocycles. The van der Waals surface area contributed by atoms with Crippen LogP contribution in [0.15, 0.2) is 29.3 Å². The van der Waals surface area contributed by atoms with Gasteiger partial charge in [0, 0.05) is 19.6 Å². The van der Waals surface area contributed by atoms with E-state index >= 15 is 0 Å². The van der Waals surface area contributed by atoms with E-state index in [1.54, 1.807) is 11.9 Å².